The largest absolute Gasteiger partial charge is 0.495 e. The van der Waals surface area contributed by atoms with Crippen LogP contribution >= 0.6 is 34.7 Å². The number of rotatable bonds is 6. The lowest BCUT2D eigenvalue weighted by Gasteiger charge is -2.56. The summed E-state index contributed by atoms with van der Waals surface area (Å²) in [4.78, 5) is 34.6. The van der Waals surface area contributed by atoms with E-state index in [0.717, 1.165) is 29.7 Å². The van der Waals surface area contributed by atoms with Gasteiger partial charge in [-0.25, -0.2) is 9.89 Å². The van der Waals surface area contributed by atoms with Gasteiger partial charge < -0.3 is 4.74 Å². The standard InChI is InChI=1S/C28H29ClN2O3S2/c1-16-5-6-35-24(16)11-21-26(33)31(22-10-20(29)3-4-23(22)34-2)27(30-21)36-15-25(32)28-12-17-7-18(13-28)9-19(8-17)14-28/h3-6,10-11,17-19H,7-9,12-15H2,1-2H3/b21-11+. The summed E-state index contributed by atoms with van der Waals surface area (Å²) in [5, 5.41) is 3.00. The van der Waals surface area contributed by atoms with Gasteiger partial charge in [0.2, 0.25) is 0 Å². The molecule has 1 aliphatic heterocycles. The van der Waals surface area contributed by atoms with E-state index in [9.17, 15) is 9.59 Å². The predicted octanol–water partition coefficient (Wildman–Crippen LogP) is 6.98. The number of ether oxygens (including phenoxy) is 1. The van der Waals surface area contributed by atoms with E-state index < -0.39 is 0 Å². The smallest absolute Gasteiger partial charge is 0.283 e. The molecule has 5 nitrogen and oxygen atoms in total. The number of thioether (sulfide) groups is 1. The molecule has 188 valence electrons. The normalized spacial score (nSPS) is 29.8. The first-order valence-electron chi connectivity index (χ1n) is 12.5. The monoisotopic (exact) mass is 540 g/mol. The van der Waals surface area contributed by atoms with Crippen molar-refractivity contribution in [1.29, 1.82) is 0 Å². The van der Waals surface area contributed by atoms with Gasteiger partial charge in [-0.1, -0.05) is 23.4 Å². The number of halogens is 1. The zero-order chi connectivity index (χ0) is 25.0. The van der Waals surface area contributed by atoms with Gasteiger partial charge >= 0.3 is 0 Å². The molecule has 0 atom stereocenters. The molecule has 4 bridgehead atoms. The molecule has 0 unspecified atom stereocenters. The van der Waals surface area contributed by atoms with E-state index in [-0.39, 0.29) is 11.3 Å². The Morgan fingerprint density at radius 2 is 1.92 bits per heavy atom. The Morgan fingerprint density at radius 3 is 2.53 bits per heavy atom. The van der Waals surface area contributed by atoms with Crippen molar-refractivity contribution < 1.29 is 14.3 Å². The number of hydrogen-bond donors (Lipinski definition) is 0. The Morgan fingerprint density at radius 1 is 1.22 bits per heavy atom. The highest BCUT2D eigenvalue weighted by Crippen LogP contribution is 2.60. The van der Waals surface area contributed by atoms with Gasteiger partial charge in [0.15, 0.2) is 5.17 Å². The van der Waals surface area contributed by atoms with Crippen molar-refractivity contribution in [2.75, 3.05) is 17.8 Å². The van der Waals surface area contributed by atoms with Crippen molar-refractivity contribution in [1.82, 2.24) is 0 Å². The number of nitrogens with zero attached hydrogens (tertiary/aromatic N) is 2. The third-order valence-corrected chi connectivity index (χ3v) is 10.5. The van der Waals surface area contributed by atoms with Crippen molar-refractivity contribution in [2.45, 2.75) is 45.4 Å². The Balaban J connectivity index is 1.30. The molecule has 0 radical (unpaired) electrons. The van der Waals surface area contributed by atoms with Gasteiger partial charge in [0.25, 0.3) is 5.91 Å². The first-order chi connectivity index (χ1) is 17.3. The molecule has 1 aromatic heterocycles. The van der Waals surface area contributed by atoms with Gasteiger partial charge in [-0.05, 0) is 104 Å². The van der Waals surface area contributed by atoms with Crippen LogP contribution in [0.3, 0.4) is 0 Å². The third-order valence-electron chi connectivity index (χ3n) is 8.34. The number of amides is 1. The second-order valence-corrected chi connectivity index (χ2v) is 13.1. The average molecular weight is 541 g/mol. The molecule has 0 spiro atoms. The molecule has 0 N–H and O–H groups in total. The minimum absolute atomic E-state index is 0.170. The average Bonchev–Trinajstić information content (AvgIpc) is 3.38. The fraction of sp³-hybridized carbons (Fsp3) is 0.464. The quantitative estimate of drug-likeness (QED) is 0.371. The van der Waals surface area contributed by atoms with E-state index in [1.165, 1.54) is 31.0 Å². The number of amidine groups is 1. The van der Waals surface area contributed by atoms with Gasteiger partial charge in [0.1, 0.15) is 17.2 Å². The molecule has 4 saturated carbocycles. The molecule has 1 aromatic carbocycles. The van der Waals surface area contributed by atoms with Crippen LogP contribution in [-0.4, -0.2) is 29.7 Å². The highest BCUT2D eigenvalue weighted by molar-refractivity contribution is 8.14. The molecule has 2 aromatic rings. The minimum Gasteiger partial charge on any atom is -0.495 e. The molecule has 1 amide bonds. The van der Waals surface area contributed by atoms with Crippen LogP contribution in [0, 0.1) is 30.1 Å². The summed E-state index contributed by atoms with van der Waals surface area (Å²) in [6, 6.07) is 7.22. The summed E-state index contributed by atoms with van der Waals surface area (Å²) in [6.07, 6.45) is 8.87. The summed E-state index contributed by atoms with van der Waals surface area (Å²) in [5.74, 6) is 3.08. The number of Topliss-reactive ketones (excluding diaryl/α,β-unsaturated/α-hetero) is 1. The predicted molar refractivity (Wildman–Crippen MR) is 148 cm³/mol. The number of benzene rings is 1. The summed E-state index contributed by atoms with van der Waals surface area (Å²) in [7, 11) is 1.57. The lowest BCUT2D eigenvalue weighted by atomic mass is 9.48. The summed E-state index contributed by atoms with van der Waals surface area (Å²) in [6.45, 7) is 2.02. The van der Waals surface area contributed by atoms with E-state index in [1.54, 1.807) is 41.5 Å². The first kappa shape index (κ1) is 24.3. The molecule has 2 heterocycles. The van der Waals surface area contributed by atoms with Gasteiger partial charge in [0.05, 0.1) is 18.6 Å². The van der Waals surface area contributed by atoms with Crippen molar-refractivity contribution in [3.8, 4) is 5.75 Å². The third kappa shape index (κ3) is 4.23. The number of methoxy groups -OCH3 is 1. The van der Waals surface area contributed by atoms with Gasteiger partial charge in [-0.2, -0.15) is 0 Å². The van der Waals surface area contributed by atoms with Crippen LogP contribution in [-0.2, 0) is 9.59 Å². The van der Waals surface area contributed by atoms with Crippen LogP contribution in [0.25, 0.3) is 6.08 Å². The second kappa shape index (κ2) is 9.34. The van der Waals surface area contributed by atoms with Crippen LogP contribution < -0.4 is 9.64 Å². The minimum atomic E-state index is -0.242. The lowest BCUT2D eigenvalue weighted by molar-refractivity contribution is -0.141. The zero-order valence-corrected chi connectivity index (χ0v) is 22.8. The van der Waals surface area contributed by atoms with E-state index in [2.05, 4.69) is 0 Å². The van der Waals surface area contributed by atoms with Gasteiger partial charge in [-0.3, -0.25) is 9.59 Å². The molecule has 5 aliphatic rings. The fourth-order valence-electron chi connectivity index (χ4n) is 7.04. The number of hydrogen-bond acceptors (Lipinski definition) is 6. The Hall–Kier alpha value is -2.09. The van der Waals surface area contributed by atoms with Gasteiger partial charge in [0, 0.05) is 15.3 Å². The number of thiophene rings is 1. The Bertz CT molecular complexity index is 1260. The van der Waals surface area contributed by atoms with Crippen molar-refractivity contribution in [2.24, 2.45) is 28.2 Å². The molecule has 0 saturated heterocycles. The van der Waals surface area contributed by atoms with Crippen LogP contribution in [0.5, 0.6) is 5.75 Å². The van der Waals surface area contributed by atoms with E-state index in [4.69, 9.17) is 21.3 Å². The maximum Gasteiger partial charge on any atom is 0.283 e. The molecule has 7 rings (SSSR count). The summed E-state index contributed by atoms with van der Waals surface area (Å²) < 4.78 is 5.56. The Kier molecular flexibility index (Phi) is 6.29. The molecule has 4 fully saturated rings. The lowest BCUT2D eigenvalue weighted by Crippen LogP contribution is -2.50. The summed E-state index contributed by atoms with van der Waals surface area (Å²) >= 11 is 9.25. The summed E-state index contributed by atoms with van der Waals surface area (Å²) in [5.41, 5.74) is 1.82. The second-order valence-electron chi connectivity index (χ2n) is 10.8. The number of carbonyl (C=O) groups excluding carboxylic acids is 2. The van der Waals surface area contributed by atoms with Gasteiger partial charge in [-0.15, -0.1) is 11.3 Å². The Labute approximate surface area is 225 Å². The zero-order valence-electron chi connectivity index (χ0n) is 20.5. The van der Waals surface area contributed by atoms with Crippen LogP contribution in [0.4, 0.5) is 5.69 Å². The molecule has 8 heteroatoms. The SMILES string of the molecule is COc1ccc(Cl)cc1N1C(=O)/C(=C\c2sccc2C)N=C1SCC(=O)C12CC3CC(CC(C3)C1)C2. The van der Waals surface area contributed by atoms with E-state index >= 15 is 0 Å². The maximum atomic E-state index is 13.7. The number of aryl methyl sites for hydroxylation is 1. The number of aliphatic imine (C=N–C) groups is 1. The van der Waals surface area contributed by atoms with E-state index in [1.807, 2.05) is 24.4 Å². The van der Waals surface area contributed by atoms with Crippen LogP contribution in [0.15, 0.2) is 40.3 Å². The topological polar surface area (TPSA) is 59.0 Å². The molecule has 36 heavy (non-hydrogen) atoms. The molecule has 4 aliphatic carbocycles. The molecular weight excluding hydrogens is 512 g/mol. The van der Waals surface area contributed by atoms with Crippen LogP contribution in [0.2, 0.25) is 5.02 Å². The highest BCUT2D eigenvalue weighted by Gasteiger charge is 2.54. The first-order valence-corrected chi connectivity index (χ1v) is 14.8. The van der Waals surface area contributed by atoms with E-state index in [0.29, 0.717) is 56.6 Å². The maximum absolute atomic E-state index is 13.7. The number of ketones is 1. The highest BCUT2D eigenvalue weighted by atomic mass is 35.5. The van der Waals surface area contributed by atoms with Crippen molar-refractivity contribution in [3.63, 3.8) is 0 Å². The fourth-order valence-corrected chi connectivity index (χ4v) is 9.09. The van der Waals surface area contributed by atoms with Crippen molar-refractivity contribution in [3.05, 3.63) is 50.8 Å². The van der Waals surface area contributed by atoms with Crippen molar-refractivity contribution >= 4 is 63.3 Å². The number of carbonyl (C=O) groups is 2. The number of anilines is 1. The van der Waals surface area contributed by atoms with Crippen LogP contribution in [0.1, 0.15) is 49.0 Å². The molecular formula is C28H29ClN2O3S2.